The molecule has 0 amide bonds. The molecule has 0 aliphatic rings. The number of rotatable bonds is 3. The first kappa shape index (κ1) is 13.8. The van der Waals surface area contributed by atoms with Gasteiger partial charge in [-0.2, -0.15) is 0 Å². The van der Waals surface area contributed by atoms with Crippen molar-refractivity contribution in [2.75, 3.05) is 0 Å². The number of hydrogen-bond acceptors (Lipinski definition) is 4. The minimum Gasteiger partial charge on any atom is -0.293 e. The Balaban J connectivity index is 1.74. The smallest absolute Gasteiger partial charge is 0.143 e. The van der Waals surface area contributed by atoms with Crippen molar-refractivity contribution in [3.63, 3.8) is 0 Å². The summed E-state index contributed by atoms with van der Waals surface area (Å²) in [5, 5.41) is 11.9. The number of aromatic nitrogens is 3. The number of thiophene rings is 1. The van der Waals surface area contributed by atoms with Crippen molar-refractivity contribution in [1.82, 2.24) is 14.6 Å². The lowest BCUT2D eigenvalue weighted by Gasteiger charge is -2.06. The van der Waals surface area contributed by atoms with Gasteiger partial charge in [0.1, 0.15) is 10.9 Å². The van der Waals surface area contributed by atoms with E-state index in [2.05, 4.69) is 63.3 Å². The summed E-state index contributed by atoms with van der Waals surface area (Å²) in [6, 6.07) is 13.0. The van der Waals surface area contributed by atoms with Gasteiger partial charge in [0, 0.05) is 5.75 Å². The third-order valence-electron chi connectivity index (χ3n) is 3.71. The molecule has 4 rings (SSSR count). The Morgan fingerprint density at radius 2 is 2.00 bits per heavy atom. The summed E-state index contributed by atoms with van der Waals surface area (Å²) in [5.41, 5.74) is 5.00. The van der Waals surface area contributed by atoms with Gasteiger partial charge in [0.05, 0.1) is 15.7 Å². The number of fused-ring (bicyclic) bond motifs is 3. The maximum absolute atomic E-state index is 4.42. The Labute approximate surface area is 137 Å². The maximum atomic E-state index is 4.42. The van der Waals surface area contributed by atoms with Crippen molar-refractivity contribution < 1.29 is 0 Å². The first-order valence-corrected chi connectivity index (χ1v) is 8.99. The van der Waals surface area contributed by atoms with Crippen LogP contribution in [0.1, 0.15) is 17.0 Å². The molecule has 110 valence electrons. The molecule has 22 heavy (non-hydrogen) atoms. The highest BCUT2D eigenvalue weighted by Gasteiger charge is 2.12. The van der Waals surface area contributed by atoms with Gasteiger partial charge in [0.25, 0.3) is 0 Å². The predicted octanol–water partition coefficient (Wildman–Crippen LogP) is 4.85. The van der Waals surface area contributed by atoms with Crippen LogP contribution in [0.15, 0.2) is 46.8 Å². The van der Waals surface area contributed by atoms with Gasteiger partial charge < -0.3 is 0 Å². The highest BCUT2D eigenvalue weighted by molar-refractivity contribution is 7.98. The van der Waals surface area contributed by atoms with Gasteiger partial charge in [0.2, 0.25) is 0 Å². The van der Waals surface area contributed by atoms with E-state index in [4.69, 9.17) is 0 Å². The number of nitrogens with zero attached hydrogens (tertiary/aromatic N) is 3. The number of hydrogen-bond donors (Lipinski definition) is 0. The molecule has 3 aromatic heterocycles. The van der Waals surface area contributed by atoms with Crippen LogP contribution in [-0.4, -0.2) is 14.6 Å². The zero-order chi connectivity index (χ0) is 15.1. The van der Waals surface area contributed by atoms with Crippen LogP contribution in [-0.2, 0) is 5.75 Å². The molecule has 0 N–H and O–H groups in total. The molecule has 0 fully saturated rings. The molecule has 1 aromatic carbocycles. The van der Waals surface area contributed by atoms with Gasteiger partial charge >= 0.3 is 0 Å². The zero-order valence-corrected chi connectivity index (χ0v) is 14.0. The zero-order valence-electron chi connectivity index (χ0n) is 12.4. The normalized spacial score (nSPS) is 11.5. The molecule has 3 heterocycles. The molecule has 0 bridgehead atoms. The first-order valence-electron chi connectivity index (χ1n) is 7.12. The topological polar surface area (TPSA) is 30.2 Å². The van der Waals surface area contributed by atoms with Crippen molar-refractivity contribution in [2.24, 2.45) is 0 Å². The van der Waals surface area contributed by atoms with Crippen LogP contribution < -0.4 is 0 Å². The Bertz CT molecular complexity index is 969. The fourth-order valence-corrected chi connectivity index (χ4v) is 4.38. The molecule has 0 aliphatic heterocycles. The van der Waals surface area contributed by atoms with Crippen molar-refractivity contribution >= 4 is 38.8 Å². The molecule has 5 heteroatoms. The molecule has 3 nitrogen and oxygen atoms in total. The summed E-state index contributed by atoms with van der Waals surface area (Å²) in [6.45, 7) is 4.13. The lowest BCUT2D eigenvalue weighted by Crippen LogP contribution is -1.99. The van der Waals surface area contributed by atoms with E-state index < -0.39 is 0 Å². The highest BCUT2D eigenvalue weighted by Crippen LogP contribution is 2.32. The van der Waals surface area contributed by atoms with Crippen LogP contribution in [0.4, 0.5) is 0 Å². The molecular weight excluding hydrogens is 310 g/mol. The second kappa shape index (κ2) is 5.41. The van der Waals surface area contributed by atoms with E-state index in [-0.39, 0.29) is 0 Å². The predicted molar refractivity (Wildman–Crippen MR) is 93.8 cm³/mol. The van der Waals surface area contributed by atoms with Crippen LogP contribution in [0.5, 0.6) is 0 Å². The largest absolute Gasteiger partial charge is 0.293 e. The van der Waals surface area contributed by atoms with Crippen LogP contribution in [0, 0.1) is 13.8 Å². The van der Waals surface area contributed by atoms with Gasteiger partial charge in [-0.25, -0.2) is 0 Å². The summed E-state index contributed by atoms with van der Waals surface area (Å²) in [4.78, 5) is 0. The first-order chi connectivity index (χ1) is 10.7. The Hall–Kier alpha value is -1.85. The summed E-state index contributed by atoms with van der Waals surface area (Å²) >= 11 is 3.51. The Morgan fingerprint density at radius 3 is 2.86 bits per heavy atom. The molecule has 0 spiro atoms. The van der Waals surface area contributed by atoms with E-state index in [9.17, 15) is 0 Å². The minimum absolute atomic E-state index is 0.911. The maximum Gasteiger partial charge on any atom is 0.143 e. The van der Waals surface area contributed by atoms with Crippen molar-refractivity contribution in [2.45, 2.75) is 24.6 Å². The molecule has 0 atom stereocenters. The average molecular weight is 325 g/mol. The fraction of sp³-hybridized carbons (Fsp3) is 0.176. The summed E-state index contributed by atoms with van der Waals surface area (Å²) in [7, 11) is 0. The quantitative estimate of drug-likeness (QED) is 0.504. The minimum atomic E-state index is 0.911. The van der Waals surface area contributed by atoms with E-state index in [0.29, 0.717) is 0 Å². The number of thioether (sulfide) groups is 1. The van der Waals surface area contributed by atoms with E-state index in [0.717, 1.165) is 22.1 Å². The summed E-state index contributed by atoms with van der Waals surface area (Å²) in [6.07, 6.45) is 0. The van der Waals surface area contributed by atoms with Crippen molar-refractivity contribution in [1.29, 1.82) is 0 Å². The van der Waals surface area contributed by atoms with Crippen LogP contribution >= 0.6 is 23.1 Å². The number of aryl methyl sites for hydroxylation is 2. The monoisotopic (exact) mass is 325 g/mol. The second-order valence-corrected chi connectivity index (χ2v) is 7.28. The molecule has 0 unspecified atom stereocenters. The third kappa shape index (κ3) is 2.30. The molecule has 0 aliphatic carbocycles. The van der Waals surface area contributed by atoms with Gasteiger partial charge in [-0.15, -0.1) is 21.5 Å². The van der Waals surface area contributed by atoms with E-state index in [1.807, 2.05) is 6.92 Å². The molecular formula is C17H15N3S2. The molecule has 4 aromatic rings. The molecule has 0 radical (unpaired) electrons. The fourth-order valence-electron chi connectivity index (χ4n) is 2.70. The van der Waals surface area contributed by atoms with E-state index in [1.165, 1.54) is 21.3 Å². The summed E-state index contributed by atoms with van der Waals surface area (Å²) < 4.78 is 3.49. The SMILES string of the molecule is Cc1cccc(CSc2nnc(C)n3c2cc2sccc23)c1. The number of benzene rings is 1. The molecule has 0 saturated heterocycles. The van der Waals surface area contributed by atoms with Crippen LogP contribution in [0.2, 0.25) is 0 Å². The highest BCUT2D eigenvalue weighted by atomic mass is 32.2. The van der Waals surface area contributed by atoms with E-state index in [1.54, 1.807) is 23.1 Å². The van der Waals surface area contributed by atoms with Crippen LogP contribution in [0.25, 0.3) is 15.7 Å². The standard InChI is InChI=1S/C17H15N3S2/c1-11-4-3-5-13(8-11)10-22-17-15-9-16-14(6-7-21-16)20(15)12(2)18-19-17/h3-9H,10H2,1-2H3. The van der Waals surface area contributed by atoms with Crippen LogP contribution in [0.3, 0.4) is 0 Å². The average Bonchev–Trinajstić information content (AvgIpc) is 3.07. The van der Waals surface area contributed by atoms with Gasteiger partial charge in [-0.05, 0) is 36.9 Å². The van der Waals surface area contributed by atoms with Gasteiger partial charge in [-0.1, -0.05) is 41.6 Å². The lowest BCUT2D eigenvalue weighted by molar-refractivity contribution is 0.837. The Kier molecular flexibility index (Phi) is 3.39. The Morgan fingerprint density at radius 1 is 1.09 bits per heavy atom. The van der Waals surface area contributed by atoms with E-state index >= 15 is 0 Å². The van der Waals surface area contributed by atoms with Gasteiger partial charge in [-0.3, -0.25) is 4.40 Å². The molecule has 0 saturated carbocycles. The third-order valence-corrected chi connectivity index (χ3v) is 5.60. The lowest BCUT2D eigenvalue weighted by atomic mass is 10.2. The van der Waals surface area contributed by atoms with Crippen molar-refractivity contribution in [3.05, 3.63) is 58.7 Å². The van der Waals surface area contributed by atoms with Gasteiger partial charge in [0.15, 0.2) is 0 Å². The second-order valence-electron chi connectivity index (χ2n) is 5.37. The summed E-state index contributed by atoms with van der Waals surface area (Å²) in [5.74, 6) is 1.84. The van der Waals surface area contributed by atoms with Crippen molar-refractivity contribution in [3.8, 4) is 0 Å².